The Kier molecular flexibility index (Phi) is 5.00. The van der Waals surface area contributed by atoms with Crippen LogP contribution < -0.4 is 0 Å². The first kappa shape index (κ1) is 15.8. The number of furan rings is 1. The van der Waals surface area contributed by atoms with Gasteiger partial charge in [-0.15, -0.1) is 0 Å². The molecule has 1 amide bonds. The van der Waals surface area contributed by atoms with Crippen LogP contribution in [-0.4, -0.2) is 39.8 Å². The highest BCUT2D eigenvalue weighted by atomic mass is 32.2. The molecule has 2 saturated heterocycles. The van der Waals surface area contributed by atoms with Gasteiger partial charge in [-0.05, 0) is 45.0 Å². The third-order valence-electron chi connectivity index (χ3n) is 3.95. The topological polar surface area (TPSA) is 36.7 Å². The summed E-state index contributed by atoms with van der Waals surface area (Å²) in [6.45, 7) is 4.60. The third kappa shape index (κ3) is 3.62. The van der Waals surface area contributed by atoms with E-state index in [4.69, 9.17) is 16.6 Å². The van der Waals surface area contributed by atoms with Gasteiger partial charge < -0.3 is 4.42 Å². The van der Waals surface area contributed by atoms with Crippen LogP contribution >= 0.6 is 24.0 Å². The van der Waals surface area contributed by atoms with E-state index in [1.165, 1.54) is 37.4 Å². The Morgan fingerprint density at radius 1 is 1.27 bits per heavy atom. The molecule has 118 valence electrons. The van der Waals surface area contributed by atoms with E-state index in [0.717, 1.165) is 18.8 Å². The van der Waals surface area contributed by atoms with Crippen molar-refractivity contribution in [3.8, 4) is 0 Å². The van der Waals surface area contributed by atoms with Crippen molar-refractivity contribution in [2.75, 3.05) is 19.8 Å². The molecule has 0 N–H and O–H groups in total. The van der Waals surface area contributed by atoms with Gasteiger partial charge in [0.25, 0.3) is 5.91 Å². The second kappa shape index (κ2) is 6.98. The Morgan fingerprint density at radius 2 is 2.00 bits per heavy atom. The lowest BCUT2D eigenvalue weighted by atomic mass is 10.2. The van der Waals surface area contributed by atoms with Crippen molar-refractivity contribution in [1.82, 2.24) is 9.80 Å². The van der Waals surface area contributed by atoms with E-state index in [9.17, 15) is 4.79 Å². The normalized spacial score (nSPS) is 22.6. The zero-order valence-electron chi connectivity index (χ0n) is 12.7. The lowest BCUT2D eigenvalue weighted by molar-refractivity contribution is -0.123. The summed E-state index contributed by atoms with van der Waals surface area (Å²) in [5.41, 5.74) is 0. The fourth-order valence-corrected chi connectivity index (χ4v) is 3.98. The van der Waals surface area contributed by atoms with Crippen LogP contribution in [-0.2, 0) is 4.79 Å². The first-order valence-electron chi connectivity index (χ1n) is 7.67. The molecule has 6 heteroatoms. The molecule has 2 aliphatic heterocycles. The molecule has 4 nitrogen and oxygen atoms in total. The van der Waals surface area contributed by atoms with Crippen molar-refractivity contribution in [2.45, 2.75) is 32.6 Å². The van der Waals surface area contributed by atoms with Gasteiger partial charge in [0.05, 0.1) is 11.6 Å². The van der Waals surface area contributed by atoms with Crippen molar-refractivity contribution >= 4 is 40.3 Å². The van der Waals surface area contributed by atoms with E-state index < -0.39 is 0 Å². The second-order valence-electron chi connectivity index (χ2n) is 5.73. The number of likely N-dealkylation sites (tertiary alicyclic amines) is 1. The maximum Gasteiger partial charge on any atom is 0.267 e. The molecule has 0 bridgehead atoms. The molecule has 3 heterocycles. The predicted molar refractivity (Wildman–Crippen MR) is 93.4 cm³/mol. The summed E-state index contributed by atoms with van der Waals surface area (Å²) >= 11 is 6.75. The Bertz CT molecular complexity index is 601. The summed E-state index contributed by atoms with van der Waals surface area (Å²) in [5, 5.41) is 0. The SMILES string of the molecule is Cc1ccc(/C=C2/SC(=S)N(CN3CCCCCC3)C2=O)o1. The molecule has 0 atom stereocenters. The third-order valence-corrected chi connectivity index (χ3v) is 5.33. The van der Waals surface area contributed by atoms with E-state index in [1.807, 2.05) is 19.1 Å². The summed E-state index contributed by atoms with van der Waals surface area (Å²) in [6, 6.07) is 3.76. The minimum atomic E-state index is -0.00620. The summed E-state index contributed by atoms with van der Waals surface area (Å²) in [6.07, 6.45) is 6.76. The van der Waals surface area contributed by atoms with E-state index in [-0.39, 0.29) is 5.91 Å². The Balaban J connectivity index is 1.69. The molecule has 3 rings (SSSR count). The number of nitrogens with zero attached hydrogens (tertiary/aromatic N) is 2. The largest absolute Gasteiger partial charge is 0.462 e. The summed E-state index contributed by atoms with van der Waals surface area (Å²) < 4.78 is 6.16. The first-order valence-corrected chi connectivity index (χ1v) is 8.90. The van der Waals surface area contributed by atoms with E-state index in [2.05, 4.69) is 4.90 Å². The summed E-state index contributed by atoms with van der Waals surface area (Å²) in [7, 11) is 0. The van der Waals surface area contributed by atoms with Crippen LogP contribution in [0.1, 0.15) is 37.2 Å². The van der Waals surface area contributed by atoms with Crippen LogP contribution in [0.2, 0.25) is 0 Å². The molecule has 2 fully saturated rings. The maximum absolute atomic E-state index is 12.6. The van der Waals surface area contributed by atoms with E-state index in [1.54, 1.807) is 11.0 Å². The van der Waals surface area contributed by atoms with Gasteiger partial charge in [-0.25, -0.2) is 0 Å². The van der Waals surface area contributed by atoms with Gasteiger partial charge in [0.2, 0.25) is 0 Å². The lowest BCUT2D eigenvalue weighted by Crippen LogP contribution is -2.40. The second-order valence-corrected chi connectivity index (χ2v) is 7.41. The van der Waals surface area contributed by atoms with Gasteiger partial charge in [0.15, 0.2) is 0 Å². The molecule has 0 radical (unpaired) electrons. The molecule has 22 heavy (non-hydrogen) atoms. The molecular weight excluding hydrogens is 316 g/mol. The number of thiocarbonyl (C=S) groups is 1. The van der Waals surface area contributed by atoms with Crippen LogP contribution in [0.5, 0.6) is 0 Å². The molecule has 0 aliphatic carbocycles. The number of carbonyl (C=O) groups excluding carboxylic acids is 1. The highest BCUT2D eigenvalue weighted by Gasteiger charge is 2.33. The molecule has 0 spiro atoms. The Labute approximate surface area is 140 Å². The number of thioether (sulfide) groups is 1. The number of aryl methyl sites for hydroxylation is 1. The maximum atomic E-state index is 12.6. The summed E-state index contributed by atoms with van der Waals surface area (Å²) in [5.74, 6) is 1.53. The van der Waals surface area contributed by atoms with Gasteiger partial charge in [0, 0.05) is 6.08 Å². The van der Waals surface area contributed by atoms with Crippen molar-refractivity contribution in [1.29, 1.82) is 0 Å². The zero-order chi connectivity index (χ0) is 15.5. The lowest BCUT2D eigenvalue weighted by Gasteiger charge is -2.25. The number of carbonyl (C=O) groups is 1. The van der Waals surface area contributed by atoms with Gasteiger partial charge in [-0.2, -0.15) is 0 Å². The van der Waals surface area contributed by atoms with Gasteiger partial charge in [0.1, 0.15) is 15.8 Å². The Hall–Kier alpha value is -1.11. The highest BCUT2D eigenvalue weighted by Crippen LogP contribution is 2.33. The van der Waals surface area contributed by atoms with Crippen LogP contribution in [0.4, 0.5) is 0 Å². The van der Waals surface area contributed by atoms with Crippen LogP contribution in [0.3, 0.4) is 0 Å². The highest BCUT2D eigenvalue weighted by molar-refractivity contribution is 8.26. The Morgan fingerprint density at radius 3 is 2.64 bits per heavy atom. The number of hydrogen-bond donors (Lipinski definition) is 0. The average molecular weight is 336 g/mol. The monoisotopic (exact) mass is 336 g/mol. The zero-order valence-corrected chi connectivity index (χ0v) is 14.3. The molecule has 0 aromatic carbocycles. The fraction of sp³-hybridized carbons (Fsp3) is 0.500. The van der Waals surface area contributed by atoms with Crippen molar-refractivity contribution in [2.24, 2.45) is 0 Å². The fourth-order valence-electron chi connectivity index (χ4n) is 2.76. The van der Waals surface area contributed by atoms with Gasteiger partial charge in [-0.1, -0.05) is 36.8 Å². The summed E-state index contributed by atoms with van der Waals surface area (Å²) in [4.78, 5) is 17.3. The van der Waals surface area contributed by atoms with Crippen molar-refractivity contribution < 1.29 is 9.21 Å². The molecule has 1 aromatic heterocycles. The number of hydrogen-bond acceptors (Lipinski definition) is 5. The molecular formula is C16H20N2O2S2. The van der Waals surface area contributed by atoms with Crippen molar-refractivity contribution in [3.63, 3.8) is 0 Å². The van der Waals surface area contributed by atoms with Crippen LogP contribution in [0, 0.1) is 6.92 Å². The van der Waals surface area contributed by atoms with Crippen LogP contribution in [0.25, 0.3) is 6.08 Å². The quantitative estimate of drug-likeness (QED) is 0.622. The number of amides is 1. The first-order chi connectivity index (χ1) is 10.6. The van der Waals surface area contributed by atoms with Crippen molar-refractivity contribution in [3.05, 3.63) is 28.6 Å². The van der Waals surface area contributed by atoms with Gasteiger partial charge in [-0.3, -0.25) is 14.6 Å². The minimum absolute atomic E-state index is 0.00620. The van der Waals surface area contributed by atoms with E-state index >= 15 is 0 Å². The predicted octanol–water partition coefficient (Wildman–Crippen LogP) is 3.62. The van der Waals surface area contributed by atoms with Crippen LogP contribution in [0.15, 0.2) is 21.5 Å². The van der Waals surface area contributed by atoms with E-state index in [0.29, 0.717) is 21.7 Å². The molecule has 0 saturated carbocycles. The molecule has 1 aromatic rings. The van der Waals surface area contributed by atoms with Gasteiger partial charge >= 0.3 is 0 Å². The smallest absolute Gasteiger partial charge is 0.267 e. The number of rotatable bonds is 3. The standard InChI is InChI=1S/C16H20N2O2S2/c1-12-6-7-13(20-12)10-14-15(19)18(16(21)22-14)11-17-8-4-2-3-5-9-17/h6-7,10H,2-5,8-9,11H2,1H3/b14-10+. The molecule has 2 aliphatic rings. The minimum Gasteiger partial charge on any atom is -0.462 e. The molecule has 0 unspecified atom stereocenters. The average Bonchev–Trinajstić information content (AvgIpc) is 2.88.